The zero-order chi connectivity index (χ0) is 22.4. The smallest absolute Gasteiger partial charge is 0.258 e. The molecule has 2 unspecified atom stereocenters. The number of aromatic hydroxyl groups is 1. The lowest BCUT2D eigenvalue weighted by molar-refractivity contribution is -0.122. The minimum absolute atomic E-state index is 0.0383. The van der Waals surface area contributed by atoms with Gasteiger partial charge >= 0.3 is 0 Å². The van der Waals surface area contributed by atoms with Crippen molar-refractivity contribution in [3.05, 3.63) is 47.5 Å². The molecule has 9 heteroatoms. The van der Waals surface area contributed by atoms with Crippen LogP contribution in [-0.4, -0.2) is 43.6 Å². The molecule has 2 aromatic carbocycles. The Morgan fingerprint density at radius 2 is 1.90 bits per heavy atom. The molecule has 0 bridgehead atoms. The van der Waals surface area contributed by atoms with Gasteiger partial charge in [0.2, 0.25) is 0 Å². The van der Waals surface area contributed by atoms with Crippen LogP contribution in [0.2, 0.25) is 0 Å². The number of rotatable bonds is 8. The zero-order valence-electron chi connectivity index (χ0n) is 18.0. The lowest BCUT2D eigenvalue weighted by atomic mass is 10.0. The van der Waals surface area contributed by atoms with Crippen molar-refractivity contribution >= 4 is 12.1 Å². The Balaban J connectivity index is 1.58. The van der Waals surface area contributed by atoms with Crippen LogP contribution in [0.4, 0.5) is 0 Å². The predicted octanol–water partition coefficient (Wildman–Crippen LogP) is 2.25. The number of phenolic OH excluding ortho intramolecular Hbond substituents is 1. The van der Waals surface area contributed by atoms with Crippen LogP contribution < -0.4 is 30.5 Å². The fourth-order valence-corrected chi connectivity index (χ4v) is 3.22. The van der Waals surface area contributed by atoms with Crippen LogP contribution in [-0.2, 0) is 4.79 Å². The van der Waals surface area contributed by atoms with Crippen molar-refractivity contribution < 1.29 is 24.1 Å². The minimum atomic E-state index is -0.450. The van der Waals surface area contributed by atoms with E-state index in [9.17, 15) is 9.90 Å². The molecule has 0 saturated carbocycles. The second-order valence-electron chi connectivity index (χ2n) is 7.37. The third-order valence-electron chi connectivity index (χ3n) is 4.76. The highest BCUT2D eigenvalue weighted by molar-refractivity contribution is 5.85. The number of hydrazine groups is 1. The molecule has 0 spiro atoms. The molecule has 31 heavy (non-hydrogen) atoms. The largest absolute Gasteiger partial charge is 0.504 e. The molecule has 9 nitrogen and oxygen atoms in total. The molecule has 4 N–H and O–H groups in total. The summed E-state index contributed by atoms with van der Waals surface area (Å²) in [6, 6.07) is 10.0. The van der Waals surface area contributed by atoms with Crippen molar-refractivity contribution in [1.82, 2.24) is 16.3 Å². The summed E-state index contributed by atoms with van der Waals surface area (Å²) >= 11 is 0. The third-order valence-corrected chi connectivity index (χ3v) is 4.76. The third kappa shape index (κ3) is 5.65. The number of phenols is 1. The Labute approximate surface area is 181 Å². The molecule has 0 aromatic heterocycles. The number of methoxy groups -OCH3 is 2. The Hall–Kier alpha value is -3.30. The van der Waals surface area contributed by atoms with Gasteiger partial charge in [-0.05, 0) is 61.7 Å². The molecule has 1 aliphatic rings. The van der Waals surface area contributed by atoms with Gasteiger partial charge in [0, 0.05) is 6.04 Å². The van der Waals surface area contributed by atoms with Gasteiger partial charge in [-0.1, -0.05) is 6.07 Å². The molecule has 1 aliphatic heterocycles. The van der Waals surface area contributed by atoms with Crippen LogP contribution in [0.5, 0.6) is 23.0 Å². The highest BCUT2D eigenvalue weighted by Gasteiger charge is 2.30. The molecule has 1 saturated heterocycles. The maximum Gasteiger partial charge on any atom is 0.258 e. The highest BCUT2D eigenvalue weighted by Crippen LogP contribution is 2.33. The van der Waals surface area contributed by atoms with Gasteiger partial charge in [-0.25, -0.2) is 16.3 Å². The van der Waals surface area contributed by atoms with Crippen molar-refractivity contribution in [3.63, 3.8) is 0 Å². The first-order valence-corrected chi connectivity index (χ1v) is 9.96. The van der Waals surface area contributed by atoms with E-state index in [0.717, 1.165) is 5.56 Å². The summed E-state index contributed by atoms with van der Waals surface area (Å²) in [4.78, 5) is 12.5. The number of hydrogen-bond donors (Lipinski definition) is 4. The van der Waals surface area contributed by atoms with Crippen LogP contribution in [0, 0.1) is 0 Å². The van der Waals surface area contributed by atoms with Crippen molar-refractivity contribution in [3.8, 4) is 23.0 Å². The van der Waals surface area contributed by atoms with E-state index in [1.54, 1.807) is 19.2 Å². The molecule has 1 amide bonds. The van der Waals surface area contributed by atoms with Crippen molar-refractivity contribution in [2.24, 2.45) is 5.10 Å². The summed E-state index contributed by atoms with van der Waals surface area (Å²) in [5, 5.41) is 13.6. The van der Waals surface area contributed by atoms with E-state index in [2.05, 4.69) is 21.4 Å². The molecule has 2 aromatic rings. The number of nitrogens with zero attached hydrogens (tertiary/aromatic N) is 1. The van der Waals surface area contributed by atoms with Gasteiger partial charge in [-0.15, -0.1) is 0 Å². The van der Waals surface area contributed by atoms with Crippen LogP contribution >= 0.6 is 0 Å². The molecule has 0 aliphatic carbocycles. The Kier molecular flexibility index (Phi) is 7.32. The summed E-state index contributed by atoms with van der Waals surface area (Å²) < 4.78 is 16.3. The maximum absolute atomic E-state index is 12.5. The number of carbonyl (C=O) groups excluding carboxylic acids is 1. The highest BCUT2D eigenvalue weighted by atomic mass is 16.5. The van der Waals surface area contributed by atoms with Gasteiger partial charge in [0.05, 0.1) is 26.5 Å². The average molecular weight is 428 g/mol. The van der Waals surface area contributed by atoms with E-state index < -0.39 is 6.04 Å². The second kappa shape index (κ2) is 10.1. The number of hydrogen-bond acceptors (Lipinski definition) is 8. The number of nitrogens with one attached hydrogen (secondary N) is 3. The van der Waals surface area contributed by atoms with Crippen LogP contribution in [0.3, 0.4) is 0 Å². The lowest BCUT2D eigenvalue weighted by Crippen LogP contribution is -2.41. The van der Waals surface area contributed by atoms with Crippen molar-refractivity contribution in [2.75, 3.05) is 14.2 Å². The van der Waals surface area contributed by atoms with Gasteiger partial charge < -0.3 is 19.3 Å². The number of carbonyl (C=O) groups is 1. The summed E-state index contributed by atoms with van der Waals surface area (Å²) in [7, 11) is 3.07. The summed E-state index contributed by atoms with van der Waals surface area (Å²) in [5.74, 6) is 1.44. The molecule has 1 fully saturated rings. The molecular formula is C22H28N4O5. The fraction of sp³-hybridized carbons (Fsp3) is 0.364. The van der Waals surface area contributed by atoms with Crippen LogP contribution in [0.25, 0.3) is 0 Å². The summed E-state index contributed by atoms with van der Waals surface area (Å²) in [6.07, 6.45) is 2.07. The van der Waals surface area contributed by atoms with E-state index in [0.29, 0.717) is 29.2 Å². The van der Waals surface area contributed by atoms with Crippen LogP contribution in [0.1, 0.15) is 37.4 Å². The van der Waals surface area contributed by atoms with Gasteiger partial charge in [0.25, 0.3) is 5.91 Å². The Bertz CT molecular complexity index is 947. The maximum atomic E-state index is 12.5. The topological polar surface area (TPSA) is 113 Å². The molecule has 166 valence electrons. The number of hydrazone groups is 1. The molecule has 2 atom stereocenters. The van der Waals surface area contributed by atoms with Gasteiger partial charge in [-0.2, -0.15) is 5.10 Å². The first kappa shape index (κ1) is 22.4. The van der Waals surface area contributed by atoms with E-state index in [1.165, 1.54) is 19.4 Å². The predicted molar refractivity (Wildman–Crippen MR) is 117 cm³/mol. The van der Waals surface area contributed by atoms with Crippen molar-refractivity contribution in [1.29, 1.82) is 0 Å². The van der Waals surface area contributed by atoms with Gasteiger partial charge in [0.1, 0.15) is 6.04 Å². The second-order valence-corrected chi connectivity index (χ2v) is 7.37. The first-order chi connectivity index (χ1) is 14.9. The fourth-order valence-electron chi connectivity index (χ4n) is 3.22. The molecule has 3 rings (SSSR count). The number of ether oxygens (including phenoxy) is 3. The van der Waals surface area contributed by atoms with E-state index in [-0.39, 0.29) is 23.8 Å². The SMILES string of the molecule is COc1cc(/C=N/NC(=O)C2CC(c3ccc(OC(C)C)c(OC)c3)NN2)ccc1O. The lowest BCUT2D eigenvalue weighted by Gasteiger charge is -2.16. The van der Waals surface area contributed by atoms with Gasteiger partial charge in [-0.3, -0.25) is 4.79 Å². The van der Waals surface area contributed by atoms with E-state index in [4.69, 9.17) is 14.2 Å². The average Bonchev–Trinajstić information content (AvgIpc) is 3.25. The number of amides is 1. The number of benzene rings is 2. The van der Waals surface area contributed by atoms with E-state index >= 15 is 0 Å². The molecule has 0 radical (unpaired) electrons. The monoisotopic (exact) mass is 428 g/mol. The molecular weight excluding hydrogens is 400 g/mol. The van der Waals surface area contributed by atoms with Gasteiger partial charge in [0.15, 0.2) is 23.0 Å². The summed E-state index contributed by atoms with van der Waals surface area (Å²) in [5.41, 5.74) is 10.3. The Morgan fingerprint density at radius 3 is 2.61 bits per heavy atom. The Morgan fingerprint density at radius 1 is 1.13 bits per heavy atom. The molecule has 1 heterocycles. The zero-order valence-corrected chi connectivity index (χ0v) is 18.0. The van der Waals surface area contributed by atoms with Crippen molar-refractivity contribution in [2.45, 2.75) is 38.5 Å². The standard InChI is InChI=1S/C22H28N4O5/c1-13(2)31-19-8-6-15(10-21(19)30-4)16-11-17(25-24-16)22(28)26-23-12-14-5-7-18(27)20(9-14)29-3/h5-10,12-13,16-17,24-25,27H,11H2,1-4H3,(H,26,28)/b23-12+. The quantitative estimate of drug-likeness (QED) is 0.377. The minimum Gasteiger partial charge on any atom is -0.504 e. The van der Waals surface area contributed by atoms with Crippen LogP contribution in [0.15, 0.2) is 41.5 Å². The van der Waals surface area contributed by atoms with E-state index in [1.807, 2.05) is 32.0 Å². The first-order valence-electron chi connectivity index (χ1n) is 9.96. The normalized spacial score (nSPS) is 18.4. The summed E-state index contributed by atoms with van der Waals surface area (Å²) in [6.45, 7) is 3.92.